The lowest BCUT2D eigenvalue weighted by Crippen LogP contribution is -1.94. The summed E-state index contributed by atoms with van der Waals surface area (Å²) in [6.07, 6.45) is 0. The summed E-state index contributed by atoms with van der Waals surface area (Å²) in [5, 5.41) is 9.00. The van der Waals surface area contributed by atoms with Crippen LogP contribution in [0.3, 0.4) is 0 Å². The Morgan fingerprint density at radius 1 is 1.19 bits per heavy atom. The van der Waals surface area contributed by atoms with Crippen molar-refractivity contribution in [2.24, 2.45) is 7.05 Å². The van der Waals surface area contributed by atoms with Gasteiger partial charge in [-0.15, -0.1) is 0 Å². The molecule has 0 saturated heterocycles. The first-order valence-electron chi connectivity index (χ1n) is 6.82. The maximum Gasteiger partial charge on any atom is 0.140 e. The lowest BCUT2D eigenvalue weighted by atomic mass is 10.2. The molecule has 0 radical (unpaired) electrons. The minimum Gasteiger partial charge on any atom is -0.494 e. The average molecular weight is 277 g/mol. The van der Waals surface area contributed by atoms with E-state index in [1.807, 2.05) is 54.9 Å². The third kappa shape index (κ3) is 2.34. The van der Waals surface area contributed by atoms with Gasteiger partial charge in [-0.1, -0.05) is 0 Å². The second-order valence-electron chi connectivity index (χ2n) is 4.77. The van der Waals surface area contributed by atoms with Crippen molar-refractivity contribution in [3.05, 3.63) is 48.0 Å². The van der Waals surface area contributed by atoms with Crippen LogP contribution in [0.5, 0.6) is 5.75 Å². The number of aryl methyl sites for hydroxylation is 1. The Bertz CT molecular complexity index is 826. The number of benzene rings is 2. The average Bonchev–Trinajstić information content (AvgIpc) is 2.85. The maximum absolute atomic E-state index is 9.00. The zero-order valence-corrected chi connectivity index (χ0v) is 12.0. The highest BCUT2D eigenvalue weighted by molar-refractivity contribution is 5.81. The van der Waals surface area contributed by atoms with E-state index >= 15 is 0 Å². The molecule has 4 heteroatoms. The molecule has 1 aromatic heterocycles. The molecule has 0 aliphatic rings. The van der Waals surface area contributed by atoms with Crippen LogP contribution in [0.4, 0.5) is 0 Å². The van der Waals surface area contributed by atoms with E-state index in [4.69, 9.17) is 10.00 Å². The predicted octanol–water partition coefficient (Wildman–Crippen LogP) is 3.51. The van der Waals surface area contributed by atoms with Gasteiger partial charge in [-0.2, -0.15) is 5.26 Å². The van der Waals surface area contributed by atoms with Gasteiger partial charge in [0.05, 0.1) is 29.3 Å². The van der Waals surface area contributed by atoms with Crippen LogP contribution in [0.2, 0.25) is 0 Å². The van der Waals surface area contributed by atoms with Crippen LogP contribution in [-0.4, -0.2) is 16.2 Å². The van der Waals surface area contributed by atoms with E-state index in [1.165, 1.54) is 0 Å². The molecule has 0 unspecified atom stereocenters. The van der Waals surface area contributed by atoms with Crippen LogP contribution in [-0.2, 0) is 7.05 Å². The molecule has 104 valence electrons. The van der Waals surface area contributed by atoms with E-state index in [2.05, 4.69) is 11.1 Å². The Labute approximate surface area is 123 Å². The molecular weight excluding hydrogens is 262 g/mol. The summed E-state index contributed by atoms with van der Waals surface area (Å²) in [5.74, 6) is 1.73. The second kappa shape index (κ2) is 5.29. The van der Waals surface area contributed by atoms with Crippen LogP contribution in [0, 0.1) is 11.3 Å². The Morgan fingerprint density at radius 2 is 1.95 bits per heavy atom. The number of rotatable bonds is 3. The van der Waals surface area contributed by atoms with E-state index in [-0.39, 0.29) is 0 Å². The molecule has 0 saturated carbocycles. The summed E-state index contributed by atoms with van der Waals surface area (Å²) in [5.41, 5.74) is 3.51. The van der Waals surface area contributed by atoms with E-state index < -0.39 is 0 Å². The lowest BCUT2D eigenvalue weighted by molar-refractivity contribution is 0.340. The molecule has 21 heavy (non-hydrogen) atoms. The van der Waals surface area contributed by atoms with Gasteiger partial charge in [-0.3, -0.25) is 0 Å². The third-order valence-electron chi connectivity index (χ3n) is 3.43. The molecule has 3 aromatic rings. The van der Waals surface area contributed by atoms with Gasteiger partial charge in [0.2, 0.25) is 0 Å². The van der Waals surface area contributed by atoms with Crippen LogP contribution in [0.15, 0.2) is 42.5 Å². The number of hydrogen-bond acceptors (Lipinski definition) is 3. The van der Waals surface area contributed by atoms with Crippen molar-refractivity contribution in [2.75, 3.05) is 6.61 Å². The van der Waals surface area contributed by atoms with Crippen LogP contribution in [0.1, 0.15) is 12.5 Å². The van der Waals surface area contributed by atoms with Crippen LogP contribution >= 0.6 is 0 Å². The van der Waals surface area contributed by atoms with Crippen molar-refractivity contribution in [2.45, 2.75) is 6.92 Å². The van der Waals surface area contributed by atoms with E-state index in [1.54, 1.807) is 6.07 Å². The maximum atomic E-state index is 9.00. The second-order valence-corrected chi connectivity index (χ2v) is 4.77. The number of imidazole rings is 1. The molecule has 4 nitrogen and oxygen atoms in total. The summed E-state index contributed by atoms with van der Waals surface area (Å²) >= 11 is 0. The SMILES string of the molecule is CCOc1ccc(-c2nc3ccc(C#N)cc3n2C)cc1. The van der Waals surface area contributed by atoms with E-state index in [0.717, 1.165) is 28.2 Å². The molecule has 0 N–H and O–H groups in total. The van der Waals surface area contributed by atoms with Crippen LogP contribution < -0.4 is 4.74 Å². The number of nitrogens with zero attached hydrogens (tertiary/aromatic N) is 3. The van der Waals surface area contributed by atoms with Crippen LogP contribution in [0.25, 0.3) is 22.4 Å². The molecule has 0 aliphatic heterocycles. The van der Waals surface area contributed by atoms with Gasteiger partial charge in [0.1, 0.15) is 11.6 Å². The Kier molecular flexibility index (Phi) is 3.33. The zero-order chi connectivity index (χ0) is 14.8. The molecule has 0 amide bonds. The van der Waals surface area contributed by atoms with Crippen molar-refractivity contribution < 1.29 is 4.74 Å². The van der Waals surface area contributed by atoms with E-state index in [0.29, 0.717) is 12.2 Å². The predicted molar refractivity (Wildman–Crippen MR) is 82.0 cm³/mol. The van der Waals surface area contributed by atoms with Gasteiger partial charge in [0, 0.05) is 12.6 Å². The van der Waals surface area contributed by atoms with Crippen molar-refractivity contribution in [1.29, 1.82) is 5.26 Å². The van der Waals surface area contributed by atoms with Crippen molar-refractivity contribution in [1.82, 2.24) is 9.55 Å². The molecule has 2 aromatic carbocycles. The molecule has 0 bridgehead atoms. The zero-order valence-electron chi connectivity index (χ0n) is 12.0. The summed E-state index contributed by atoms with van der Waals surface area (Å²) < 4.78 is 7.46. The first kappa shape index (κ1) is 13.2. The normalized spacial score (nSPS) is 10.5. The lowest BCUT2D eigenvalue weighted by Gasteiger charge is -2.05. The van der Waals surface area contributed by atoms with Gasteiger partial charge >= 0.3 is 0 Å². The summed E-state index contributed by atoms with van der Waals surface area (Å²) in [7, 11) is 1.96. The fourth-order valence-electron chi connectivity index (χ4n) is 2.38. The summed E-state index contributed by atoms with van der Waals surface area (Å²) in [6.45, 7) is 2.62. The minimum absolute atomic E-state index is 0.642. The highest BCUT2D eigenvalue weighted by Crippen LogP contribution is 2.26. The molecule has 0 spiro atoms. The van der Waals surface area contributed by atoms with Gasteiger partial charge in [-0.25, -0.2) is 4.98 Å². The summed E-state index contributed by atoms with van der Waals surface area (Å²) in [6, 6.07) is 15.6. The topological polar surface area (TPSA) is 50.8 Å². The van der Waals surface area contributed by atoms with Gasteiger partial charge in [0.15, 0.2) is 0 Å². The molecule has 0 atom stereocenters. The molecule has 1 heterocycles. The highest BCUT2D eigenvalue weighted by Gasteiger charge is 2.10. The largest absolute Gasteiger partial charge is 0.494 e. The van der Waals surface area contributed by atoms with Gasteiger partial charge in [0.25, 0.3) is 0 Å². The van der Waals surface area contributed by atoms with Crippen molar-refractivity contribution >= 4 is 11.0 Å². The molecule has 0 fully saturated rings. The fourth-order valence-corrected chi connectivity index (χ4v) is 2.38. The third-order valence-corrected chi connectivity index (χ3v) is 3.43. The standard InChI is InChI=1S/C17H15N3O/c1-3-21-14-7-5-13(6-8-14)17-19-15-9-4-12(11-18)10-16(15)20(17)2/h4-10H,3H2,1-2H3. The highest BCUT2D eigenvalue weighted by atomic mass is 16.5. The Hall–Kier alpha value is -2.80. The molecule has 0 aliphatic carbocycles. The number of ether oxygens (including phenoxy) is 1. The first-order chi connectivity index (χ1) is 10.2. The smallest absolute Gasteiger partial charge is 0.140 e. The number of hydrogen-bond donors (Lipinski definition) is 0. The Morgan fingerprint density at radius 3 is 2.62 bits per heavy atom. The first-order valence-corrected chi connectivity index (χ1v) is 6.82. The van der Waals surface area contributed by atoms with Crippen molar-refractivity contribution in [3.63, 3.8) is 0 Å². The monoisotopic (exact) mass is 277 g/mol. The minimum atomic E-state index is 0.642. The fraction of sp³-hybridized carbons (Fsp3) is 0.176. The molecular formula is C17H15N3O. The van der Waals surface area contributed by atoms with Crippen molar-refractivity contribution in [3.8, 4) is 23.2 Å². The summed E-state index contributed by atoms with van der Waals surface area (Å²) in [4.78, 5) is 4.65. The quantitative estimate of drug-likeness (QED) is 0.736. The van der Waals surface area contributed by atoms with Gasteiger partial charge in [-0.05, 0) is 49.4 Å². The van der Waals surface area contributed by atoms with Gasteiger partial charge < -0.3 is 9.30 Å². The number of aromatic nitrogens is 2. The number of nitriles is 1. The Balaban J connectivity index is 2.08. The molecule has 3 rings (SSSR count). The number of fused-ring (bicyclic) bond motifs is 1. The van der Waals surface area contributed by atoms with E-state index in [9.17, 15) is 0 Å².